The van der Waals surface area contributed by atoms with Crippen LogP contribution in [0.3, 0.4) is 0 Å². The summed E-state index contributed by atoms with van der Waals surface area (Å²) in [6, 6.07) is -0.195. The van der Waals surface area contributed by atoms with E-state index in [4.69, 9.17) is 0 Å². The van der Waals surface area contributed by atoms with Gasteiger partial charge < -0.3 is 10.4 Å². The normalized spacial score (nSPS) is 33.1. The minimum absolute atomic E-state index is 0.0562. The largest absolute Gasteiger partial charge is 0.395 e. The van der Waals surface area contributed by atoms with Gasteiger partial charge in [-0.3, -0.25) is 0 Å². The molecular formula is C10H20N2O3S. The van der Waals surface area contributed by atoms with Gasteiger partial charge in [-0.1, -0.05) is 6.42 Å². The molecule has 0 saturated carbocycles. The topological polar surface area (TPSA) is 69.6 Å². The lowest BCUT2D eigenvalue weighted by Crippen LogP contribution is -2.49. The summed E-state index contributed by atoms with van der Waals surface area (Å²) < 4.78 is 26.2. The summed E-state index contributed by atoms with van der Waals surface area (Å²) >= 11 is 0. The van der Waals surface area contributed by atoms with Gasteiger partial charge in [0.05, 0.1) is 11.9 Å². The summed E-state index contributed by atoms with van der Waals surface area (Å²) in [4.78, 5) is 0. The lowest BCUT2D eigenvalue weighted by atomic mass is 10.1. The molecular weight excluding hydrogens is 228 g/mol. The molecule has 0 spiro atoms. The standard InChI is InChI=1S/C10H20N2O3S/c13-8-9-3-1-2-6-12(9)16(14,15)10-4-5-11-7-10/h9-11,13H,1-8H2. The molecule has 0 aliphatic carbocycles. The van der Waals surface area contributed by atoms with Crippen molar-refractivity contribution in [2.24, 2.45) is 0 Å². The van der Waals surface area contributed by atoms with Crippen LogP contribution in [0.2, 0.25) is 0 Å². The molecule has 2 atom stereocenters. The Balaban J connectivity index is 2.13. The molecule has 2 saturated heterocycles. The number of hydrogen-bond donors (Lipinski definition) is 2. The van der Waals surface area contributed by atoms with Gasteiger partial charge >= 0.3 is 0 Å². The Labute approximate surface area is 96.9 Å². The fraction of sp³-hybridized carbons (Fsp3) is 1.00. The van der Waals surface area contributed by atoms with Crippen LogP contribution in [-0.2, 0) is 10.0 Å². The molecule has 0 aromatic heterocycles. The van der Waals surface area contributed by atoms with Gasteiger partial charge in [-0.2, -0.15) is 4.31 Å². The quantitative estimate of drug-likeness (QED) is 0.708. The van der Waals surface area contributed by atoms with Crippen molar-refractivity contribution in [1.82, 2.24) is 9.62 Å². The molecule has 0 radical (unpaired) electrons. The van der Waals surface area contributed by atoms with Gasteiger partial charge in [-0.15, -0.1) is 0 Å². The van der Waals surface area contributed by atoms with Crippen LogP contribution < -0.4 is 5.32 Å². The van der Waals surface area contributed by atoms with E-state index in [-0.39, 0.29) is 17.9 Å². The number of piperidine rings is 1. The molecule has 2 heterocycles. The first-order valence-electron chi connectivity index (χ1n) is 5.98. The molecule has 2 unspecified atom stereocenters. The van der Waals surface area contributed by atoms with Crippen molar-refractivity contribution in [3.8, 4) is 0 Å². The molecule has 94 valence electrons. The molecule has 2 rings (SSSR count). The van der Waals surface area contributed by atoms with Crippen LogP contribution in [0.15, 0.2) is 0 Å². The van der Waals surface area contributed by atoms with Crippen molar-refractivity contribution in [3.05, 3.63) is 0 Å². The molecule has 2 aliphatic heterocycles. The van der Waals surface area contributed by atoms with Gasteiger partial charge in [-0.25, -0.2) is 8.42 Å². The number of sulfonamides is 1. The highest BCUT2D eigenvalue weighted by molar-refractivity contribution is 7.89. The molecule has 6 heteroatoms. The summed E-state index contributed by atoms with van der Waals surface area (Å²) in [5, 5.41) is 12.0. The first-order valence-corrected chi connectivity index (χ1v) is 7.49. The Bertz CT molecular complexity index is 325. The average Bonchev–Trinajstić information content (AvgIpc) is 2.83. The zero-order valence-corrected chi connectivity index (χ0v) is 10.2. The fourth-order valence-electron chi connectivity index (χ4n) is 2.57. The maximum Gasteiger partial charge on any atom is 0.218 e. The third-order valence-electron chi connectivity index (χ3n) is 3.55. The predicted molar refractivity (Wildman–Crippen MR) is 61.6 cm³/mol. The lowest BCUT2D eigenvalue weighted by molar-refractivity contribution is 0.154. The molecule has 5 nitrogen and oxygen atoms in total. The van der Waals surface area contributed by atoms with Crippen molar-refractivity contribution in [1.29, 1.82) is 0 Å². The highest BCUT2D eigenvalue weighted by Crippen LogP contribution is 2.24. The van der Waals surface area contributed by atoms with Gasteiger partial charge in [0.2, 0.25) is 10.0 Å². The van der Waals surface area contributed by atoms with Crippen LogP contribution in [0.25, 0.3) is 0 Å². The van der Waals surface area contributed by atoms with Gasteiger partial charge in [0.1, 0.15) is 0 Å². The van der Waals surface area contributed by atoms with Crippen LogP contribution in [0.1, 0.15) is 25.7 Å². The number of hydrogen-bond acceptors (Lipinski definition) is 4. The second-order valence-corrected chi connectivity index (χ2v) is 6.77. The van der Waals surface area contributed by atoms with Gasteiger partial charge in [0.25, 0.3) is 0 Å². The number of nitrogens with one attached hydrogen (secondary N) is 1. The molecule has 16 heavy (non-hydrogen) atoms. The summed E-state index contributed by atoms with van der Waals surface area (Å²) in [7, 11) is -3.21. The summed E-state index contributed by atoms with van der Waals surface area (Å²) in [6.07, 6.45) is 3.41. The van der Waals surface area contributed by atoms with E-state index < -0.39 is 10.0 Å². The molecule has 0 amide bonds. The van der Waals surface area contributed by atoms with E-state index in [1.807, 2.05) is 0 Å². The number of aliphatic hydroxyl groups excluding tert-OH is 1. The van der Waals surface area contributed by atoms with Crippen LogP contribution in [0.5, 0.6) is 0 Å². The minimum Gasteiger partial charge on any atom is -0.395 e. The highest BCUT2D eigenvalue weighted by Gasteiger charge is 2.38. The molecule has 0 aromatic rings. The minimum atomic E-state index is -3.21. The van der Waals surface area contributed by atoms with Crippen LogP contribution in [0.4, 0.5) is 0 Å². The first kappa shape index (κ1) is 12.3. The second kappa shape index (κ2) is 5.00. The molecule has 2 aliphatic rings. The van der Waals surface area contributed by atoms with Crippen LogP contribution >= 0.6 is 0 Å². The van der Waals surface area contributed by atoms with E-state index in [1.54, 1.807) is 0 Å². The van der Waals surface area contributed by atoms with E-state index in [0.29, 0.717) is 19.5 Å². The second-order valence-electron chi connectivity index (χ2n) is 4.60. The molecule has 2 N–H and O–H groups in total. The van der Waals surface area contributed by atoms with Gasteiger partial charge in [-0.05, 0) is 25.8 Å². The number of aliphatic hydroxyl groups is 1. The zero-order valence-electron chi connectivity index (χ0n) is 9.43. The molecule has 0 aromatic carbocycles. The summed E-state index contributed by atoms with van der Waals surface area (Å²) in [5.41, 5.74) is 0. The summed E-state index contributed by atoms with van der Waals surface area (Å²) in [6.45, 7) is 1.85. The van der Waals surface area contributed by atoms with E-state index in [2.05, 4.69) is 5.32 Å². The van der Waals surface area contributed by atoms with Crippen LogP contribution in [-0.4, -0.2) is 55.4 Å². The fourth-order valence-corrected chi connectivity index (χ4v) is 4.66. The Morgan fingerprint density at radius 1 is 1.31 bits per heavy atom. The van der Waals surface area contributed by atoms with Crippen LogP contribution in [0, 0.1) is 0 Å². The smallest absolute Gasteiger partial charge is 0.218 e. The van der Waals surface area contributed by atoms with Crippen molar-refractivity contribution >= 4 is 10.0 Å². The maximum atomic E-state index is 12.3. The third-order valence-corrected chi connectivity index (χ3v) is 5.93. The Kier molecular flexibility index (Phi) is 3.84. The average molecular weight is 248 g/mol. The Morgan fingerprint density at radius 3 is 2.75 bits per heavy atom. The van der Waals surface area contributed by atoms with Crippen molar-refractivity contribution < 1.29 is 13.5 Å². The Hall–Kier alpha value is -0.170. The third kappa shape index (κ3) is 2.25. The number of nitrogens with zero attached hydrogens (tertiary/aromatic N) is 1. The Morgan fingerprint density at radius 2 is 2.12 bits per heavy atom. The SMILES string of the molecule is O=S(=O)(C1CCNC1)N1CCCCC1CO. The monoisotopic (exact) mass is 248 g/mol. The molecule has 2 fully saturated rings. The molecule has 0 bridgehead atoms. The van der Waals surface area contributed by atoms with Crippen molar-refractivity contribution in [3.63, 3.8) is 0 Å². The van der Waals surface area contributed by atoms with E-state index in [9.17, 15) is 13.5 Å². The predicted octanol–water partition coefficient (Wildman–Crippen LogP) is -0.475. The van der Waals surface area contributed by atoms with Gasteiger partial charge in [0.15, 0.2) is 0 Å². The first-order chi connectivity index (χ1) is 7.66. The summed E-state index contributed by atoms with van der Waals surface area (Å²) in [5.74, 6) is 0. The highest BCUT2D eigenvalue weighted by atomic mass is 32.2. The van der Waals surface area contributed by atoms with E-state index in [0.717, 1.165) is 25.8 Å². The lowest BCUT2D eigenvalue weighted by Gasteiger charge is -2.35. The van der Waals surface area contributed by atoms with E-state index in [1.165, 1.54) is 4.31 Å². The van der Waals surface area contributed by atoms with E-state index >= 15 is 0 Å². The zero-order chi connectivity index (χ0) is 11.6. The number of rotatable bonds is 3. The van der Waals surface area contributed by atoms with Crippen molar-refractivity contribution in [2.45, 2.75) is 37.0 Å². The maximum absolute atomic E-state index is 12.3. The van der Waals surface area contributed by atoms with Crippen molar-refractivity contribution in [2.75, 3.05) is 26.2 Å². The van der Waals surface area contributed by atoms with Gasteiger partial charge in [0, 0.05) is 19.1 Å².